The molecular formula is C28H25N3O5. The summed E-state index contributed by atoms with van der Waals surface area (Å²) >= 11 is 0. The van der Waals surface area contributed by atoms with Crippen molar-refractivity contribution in [3.8, 4) is 28.8 Å². The standard InChI is InChI=1S/C28H25N3O5/c1-17(2)35-26-23(33-3)13-18(14-24(26)34-4)16-29-31-27(25-15-19-9-5-8-12-22(19)36-25)30-21-11-7-6-10-20(21)28(31)32/h5-17H,1-4H3. The Labute approximate surface area is 207 Å². The molecule has 0 fully saturated rings. The summed E-state index contributed by atoms with van der Waals surface area (Å²) in [6.45, 7) is 3.85. The van der Waals surface area contributed by atoms with Gasteiger partial charge in [0.1, 0.15) is 5.58 Å². The summed E-state index contributed by atoms with van der Waals surface area (Å²) in [7, 11) is 3.11. The van der Waals surface area contributed by atoms with Crippen LogP contribution in [0.3, 0.4) is 0 Å². The lowest BCUT2D eigenvalue weighted by molar-refractivity contribution is 0.218. The van der Waals surface area contributed by atoms with Crippen LogP contribution in [0.15, 0.2) is 81.0 Å². The number of furan rings is 1. The molecule has 0 atom stereocenters. The van der Waals surface area contributed by atoms with E-state index in [1.807, 2.05) is 50.2 Å². The van der Waals surface area contributed by atoms with Crippen molar-refractivity contribution >= 4 is 28.1 Å². The molecule has 0 saturated heterocycles. The summed E-state index contributed by atoms with van der Waals surface area (Å²) < 4.78 is 24.2. The molecule has 0 aliphatic rings. The maximum atomic E-state index is 13.5. The first-order valence-electron chi connectivity index (χ1n) is 11.5. The Hall–Kier alpha value is -4.59. The van der Waals surface area contributed by atoms with Gasteiger partial charge >= 0.3 is 0 Å². The zero-order valence-electron chi connectivity index (χ0n) is 20.4. The summed E-state index contributed by atoms with van der Waals surface area (Å²) in [6.07, 6.45) is 1.48. The van der Waals surface area contributed by atoms with E-state index in [1.165, 1.54) is 4.68 Å². The second-order valence-electron chi connectivity index (χ2n) is 8.38. The van der Waals surface area contributed by atoms with Gasteiger partial charge in [0, 0.05) is 10.9 Å². The van der Waals surface area contributed by atoms with Crippen LogP contribution in [0, 0.1) is 0 Å². The molecule has 8 nitrogen and oxygen atoms in total. The molecule has 0 radical (unpaired) electrons. The highest BCUT2D eigenvalue weighted by atomic mass is 16.5. The quantitative estimate of drug-likeness (QED) is 0.284. The van der Waals surface area contributed by atoms with Crippen molar-refractivity contribution in [2.75, 3.05) is 14.2 Å². The van der Waals surface area contributed by atoms with Gasteiger partial charge in [0.2, 0.25) is 11.6 Å². The normalized spacial score (nSPS) is 11.6. The summed E-state index contributed by atoms with van der Waals surface area (Å²) in [6, 6.07) is 20.2. The van der Waals surface area contributed by atoms with Crippen molar-refractivity contribution in [2.45, 2.75) is 20.0 Å². The first-order valence-corrected chi connectivity index (χ1v) is 11.5. The predicted octanol–water partition coefficient (Wildman–Crippen LogP) is 5.50. The highest BCUT2D eigenvalue weighted by Crippen LogP contribution is 2.39. The molecule has 2 heterocycles. The van der Waals surface area contributed by atoms with Gasteiger partial charge in [-0.1, -0.05) is 30.3 Å². The van der Waals surface area contributed by atoms with Gasteiger partial charge in [-0.3, -0.25) is 4.79 Å². The molecule has 2 aromatic heterocycles. The number of para-hydroxylation sites is 2. The topological polar surface area (TPSA) is 88.1 Å². The van der Waals surface area contributed by atoms with Gasteiger partial charge in [-0.2, -0.15) is 9.78 Å². The second-order valence-corrected chi connectivity index (χ2v) is 8.38. The Morgan fingerprint density at radius 1 is 0.972 bits per heavy atom. The Morgan fingerprint density at radius 2 is 1.67 bits per heavy atom. The molecule has 0 N–H and O–H groups in total. The molecule has 182 valence electrons. The zero-order chi connectivity index (χ0) is 25.2. The van der Waals surface area contributed by atoms with Gasteiger partial charge in [-0.05, 0) is 50.2 Å². The number of ether oxygens (including phenoxy) is 3. The lowest BCUT2D eigenvalue weighted by Crippen LogP contribution is -2.20. The third kappa shape index (κ3) is 4.29. The van der Waals surface area contributed by atoms with Gasteiger partial charge in [0.05, 0.1) is 37.4 Å². The largest absolute Gasteiger partial charge is 0.493 e. The molecule has 5 aromatic rings. The van der Waals surface area contributed by atoms with Crippen molar-refractivity contribution in [3.05, 3.63) is 82.6 Å². The summed E-state index contributed by atoms with van der Waals surface area (Å²) in [5.41, 5.74) is 1.59. The number of rotatable bonds is 7. The van der Waals surface area contributed by atoms with Gasteiger partial charge in [-0.15, -0.1) is 0 Å². The summed E-state index contributed by atoms with van der Waals surface area (Å²) in [5, 5.41) is 5.87. The third-order valence-electron chi connectivity index (χ3n) is 5.56. The van der Waals surface area contributed by atoms with Crippen LogP contribution in [0.2, 0.25) is 0 Å². The number of fused-ring (bicyclic) bond motifs is 2. The van der Waals surface area contributed by atoms with E-state index in [0.29, 0.717) is 50.9 Å². The number of methoxy groups -OCH3 is 2. The molecular weight excluding hydrogens is 458 g/mol. The van der Waals surface area contributed by atoms with Gasteiger partial charge < -0.3 is 18.6 Å². The van der Waals surface area contributed by atoms with Crippen molar-refractivity contribution in [3.63, 3.8) is 0 Å². The molecule has 8 heteroatoms. The third-order valence-corrected chi connectivity index (χ3v) is 5.56. The van der Waals surface area contributed by atoms with E-state index in [2.05, 4.69) is 5.10 Å². The maximum absolute atomic E-state index is 13.5. The van der Waals surface area contributed by atoms with Crippen LogP contribution in [0.25, 0.3) is 33.5 Å². The molecule has 3 aromatic carbocycles. The Kier molecular flexibility index (Phi) is 6.16. The average molecular weight is 484 g/mol. The van der Waals surface area contributed by atoms with Crippen LogP contribution in [0.1, 0.15) is 19.4 Å². The van der Waals surface area contributed by atoms with Crippen LogP contribution < -0.4 is 19.8 Å². The number of hydrogen-bond donors (Lipinski definition) is 0. The number of hydrogen-bond acceptors (Lipinski definition) is 7. The summed E-state index contributed by atoms with van der Waals surface area (Å²) in [4.78, 5) is 18.2. The van der Waals surface area contributed by atoms with E-state index in [-0.39, 0.29) is 11.7 Å². The molecule has 0 unspecified atom stereocenters. The number of nitrogens with zero attached hydrogens (tertiary/aromatic N) is 3. The fourth-order valence-corrected chi connectivity index (χ4v) is 3.93. The maximum Gasteiger partial charge on any atom is 0.282 e. The highest BCUT2D eigenvalue weighted by molar-refractivity contribution is 5.85. The fourth-order valence-electron chi connectivity index (χ4n) is 3.93. The van der Waals surface area contributed by atoms with E-state index < -0.39 is 0 Å². The predicted molar refractivity (Wildman–Crippen MR) is 140 cm³/mol. The summed E-state index contributed by atoms with van der Waals surface area (Å²) in [5.74, 6) is 2.22. The molecule has 0 spiro atoms. The minimum absolute atomic E-state index is 0.0686. The first-order chi connectivity index (χ1) is 17.5. The Bertz CT molecular complexity index is 1590. The van der Waals surface area contributed by atoms with Crippen molar-refractivity contribution in [1.82, 2.24) is 9.66 Å². The van der Waals surface area contributed by atoms with Crippen molar-refractivity contribution in [1.29, 1.82) is 0 Å². The smallest absolute Gasteiger partial charge is 0.282 e. The average Bonchev–Trinajstić information content (AvgIpc) is 3.32. The molecule has 0 saturated carbocycles. The first kappa shape index (κ1) is 23.2. The second kappa shape index (κ2) is 9.58. The lowest BCUT2D eigenvalue weighted by atomic mass is 10.2. The zero-order valence-corrected chi connectivity index (χ0v) is 20.4. The van der Waals surface area contributed by atoms with Gasteiger partial charge in [0.15, 0.2) is 17.3 Å². The Morgan fingerprint density at radius 3 is 2.36 bits per heavy atom. The van der Waals surface area contributed by atoms with E-state index in [0.717, 1.165) is 5.39 Å². The van der Waals surface area contributed by atoms with Crippen molar-refractivity contribution < 1.29 is 18.6 Å². The van der Waals surface area contributed by atoms with Gasteiger partial charge in [-0.25, -0.2) is 4.98 Å². The van der Waals surface area contributed by atoms with Crippen LogP contribution in [0.4, 0.5) is 0 Å². The van der Waals surface area contributed by atoms with Crippen LogP contribution in [-0.2, 0) is 0 Å². The molecule has 5 rings (SSSR count). The van der Waals surface area contributed by atoms with Crippen molar-refractivity contribution in [2.24, 2.45) is 5.10 Å². The van der Waals surface area contributed by atoms with E-state index in [1.54, 1.807) is 50.8 Å². The Balaban J connectivity index is 1.67. The van der Waals surface area contributed by atoms with Crippen LogP contribution in [-0.4, -0.2) is 36.2 Å². The molecule has 36 heavy (non-hydrogen) atoms. The number of benzene rings is 3. The minimum Gasteiger partial charge on any atom is -0.493 e. The molecule has 0 bridgehead atoms. The van der Waals surface area contributed by atoms with E-state index in [9.17, 15) is 4.79 Å². The minimum atomic E-state index is -0.314. The lowest BCUT2D eigenvalue weighted by Gasteiger charge is -2.17. The van der Waals surface area contributed by atoms with E-state index >= 15 is 0 Å². The number of aromatic nitrogens is 2. The fraction of sp³-hybridized carbons (Fsp3) is 0.179. The highest BCUT2D eigenvalue weighted by Gasteiger charge is 2.18. The SMILES string of the molecule is COc1cc(C=Nn2c(-c3cc4ccccc4o3)nc3ccccc3c2=O)cc(OC)c1OC(C)C. The van der Waals surface area contributed by atoms with Crippen LogP contribution >= 0.6 is 0 Å². The van der Waals surface area contributed by atoms with Crippen LogP contribution in [0.5, 0.6) is 17.2 Å². The molecule has 0 aliphatic heterocycles. The molecule has 0 amide bonds. The monoisotopic (exact) mass is 483 g/mol. The van der Waals surface area contributed by atoms with Gasteiger partial charge in [0.25, 0.3) is 5.56 Å². The van der Waals surface area contributed by atoms with E-state index in [4.69, 9.17) is 23.6 Å². The molecule has 0 aliphatic carbocycles.